The topological polar surface area (TPSA) is 59.8 Å². The Morgan fingerprint density at radius 3 is 2.86 bits per heavy atom. The number of nitrogens with one attached hydrogen (secondary N) is 1. The molecule has 0 aliphatic carbocycles. The Morgan fingerprint density at radius 2 is 2.09 bits per heavy atom. The number of aryl methyl sites for hydroxylation is 1. The number of imidazole rings is 1. The van der Waals surface area contributed by atoms with Crippen LogP contribution in [0.2, 0.25) is 0 Å². The average Bonchev–Trinajstić information content (AvgIpc) is 3.00. The molecule has 110 valence electrons. The standard InChI is InChI=1S/C17H16N4O/c1-13-4-2-7-16(19-13)17(22)20-15-6-3-5-14(10-15)11-21-9-8-18-12-21/h2-10,12H,11H2,1H3,(H,20,22). The van der Waals surface area contributed by atoms with E-state index in [4.69, 9.17) is 0 Å². The maximum atomic E-state index is 12.2. The van der Waals surface area contributed by atoms with E-state index in [1.807, 2.05) is 54.1 Å². The molecule has 2 heterocycles. The number of amides is 1. The molecule has 5 heteroatoms. The van der Waals surface area contributed by atoms with Gasteiger partial charge in [-0.3, -0.25) is 4.79 Å². The minimum Gasteiger partial charge on any atom is -0.333 e. The van der Waals surface area contributed by atoms with E-state index < -0.39 is 0 Å². The fraction of sp³-hybridized carbons (Fsp3) is 0.118. The van der Waals surface area contributed by atoms with Gasteiger partial charge >= 0.3 is 0 Å². The molecule has 0 saturated heterocycles. The summed E-state index contributed by atoms with van der Waals surface area (Å²) in [4.78, 5) is 20.5. The maximum Gasteiger partial charge on any atom is 0.274 e. The molecule has 22 heavy (non-hydrogen) atoms. The summed E-state index contributed by atoms with van der Waals surface area (Å²) in [5, 5.41) is 2.88. The van der Waals surface area contributed by atoms with Gasteiger partial charge in [-0.1, -0.05) is 18.2 Å². The molecule has 0 unspecified atom stereocenters. The van der Waals surface area contributed by atoms with Crippen LogP contribution in [0.5, 0.6) is 0 Å². The predicted octanol–water partition coefficient (Wildman–Crippen LogP) is 2.89. The van der Waals surface area contributed by atoms with Crippen molar-refractivity contribution in [2.24, 2.45) is 0 Å². The molecule has 0 atom stereocenters. The van der Waals surface area contributed by atoms with Crippen LogP contribution in [0.1, 0.15) is 21.7 Å². The van der Waals surface area contributed by atoms with Crippen LogP contribution in [0.25, 0.3) is 0 Å². The van der Waals surface area contributed by atoms with E-state index in [2.05, 4.69) is 15.3 Å². The van der Waals surface area contributed by atoms with Crippen molar-refractivity contribution < 1.29 is 4.79 Å². The van der Waals surface area contributed by atoms with E-state index in [-0.39, 0.29) is 5.91 Å². The molecular weight excluding hydrogens is 276 g/mol. The van der Waals surface area contributed by atoms with Crippen LogP contribution in [-0.2, 0) is 6.54 Å². The molecule has 0 aliphatic rings. The molecular formula is C17H16N4O. The number of carbonyl (C=O) groups is 1. The summed E-state index contributed by atoms with van der Waals surface area (Å²) in [7, 11) is 0. The van der Waals surface area contributed by atoms with Crippen molar-refractivity contribution in [1.82, 2.24) is 14.5 Å². The van der Waals surface area contributed by atoms with E-state index in [1.165, 1.54) is 0 Å². The Balaban J connectivity index is 1.74. The smallest absolute Gasteiger partial charge is 0.274 e. The highest BCUT2D eigenvalue weighted by atomic mass is 16.1. The zero-order valence-electron chi connectivity index (χ0n) is 12.2. The Kier molecular flexibility index (Phi) is 3.96. The summed E-state index contributed by atoms with van der Waals surface area (Å²) in [6, 6.07) is 13.2. The first-order valence-electron chi connectivity index (χ1n) is 7.00. The summed E-state index contributed by atoms with van der Waals surface area (Å²) in [6.07, 6.45) is 5.42. The quantitative estimate of drug-likeness (QED) is 0.804. The second-order valence-corrected chi connectivity index (χ2v) is 5.05. The predicted molar refractivity (Wildman–Crippen MR) is 84.7 cm³/mol. The number of benzene rings is 1. The normalized spacial score (nSPS) is 10.4. The van der Waals surface area contributed by atoms with Crippen LogP contribution < -0.4 is 5.32 Å². The number of pyridine rings is 1. The lowest BCUT2D eigenvalue weighted by Crippen LogP contribution is -2.14. The van der Waals surface area contributed by atoms with Crippen LogP contribution in [0, 0.1) is 6.92 Å². The van der Waals surface area contributed by atoms with Gasteiger partial charge in [0.15, 0.2) is 0 Å². The molecule has 3 aromatic rings. The van der Waals surface area contributed by atoms with Crippen molar-refractivity contribution in [1.29, 1.82) is 0 Å². The second kappa shape index (κ2) is 6.22. The molecule has 3 rings (SSSR count). The number of nitrogens with zero attached hydrogens (tertiary/aromatic N) is 3. The lowest BCUT2D eigenvalue weighted by molar-refractivity contribution is 0.102. The largest absolute Gasteiger partial charge is 0.333 e. The fourth-order valence-electron chi connectivity index (χ4n) is 2.20. The van der Waals surface area contributed by atoms with E-state index in [1.54, 1.807) is 18.6 Å². The Hall–Kier alpha value is -2.95. The van der Waals surface area contributed by atoms with Crippen LogP contribution >= 0.6 is 0 Å². The van der Waals surface area contributed by atoms with Gasteiger partial charge in [-0.25, -0.2) is 9.97 Å². The van der Waals surface area contributed by atoms with Gasteiger partial charge in [0, 0.05) is 30.3 Å². The van der Waals surface area contributed by atoms with Gasteiger partial charge in [0.05, 0.1) is 6.33 Å². The summed E-state index contributed by atoms with van der Waals surface area (Å²) >= 11 is 0. The van der Waals surface area contributed by atoms with Gasteiger partial charge in [0.2, 0.25) is 0 Å². The van der Waals surface area contributed by atoms with Crippen LogP contribution in [0.3, 0.4) is 0 Å². The molecule has 0 aliphatic heterocycles. The van der Waals surface area contributed by atoms with E-state index in [9.17, 15) is 4.79 Å². The molecule has 5 nitrogen and oxygen atoms in total. The highest BCUT2D eigenvalue weighted by Crippen LogP contribution is 2.13. The monoisotopic (exact) mass is 292 g/mol. The zero-order chi connectivity index (χ0) is 15.4. The third kappa shape index (κ3) is 3.38. The van der Waals surface area contributed by atoms with E-state index >= 15 is 0 Å². The second-order valence-electron chi connectivity index (χ2n) is 5.05. The number of rotatable bonds is 4. The van der Waals surface area contributed by atoms with Gasteiger partial charge in [0.25, 0.3) is 5.91 Å². The first-order valence-corrected chi connectivity index (χ1v) is 7.00. The molecule has 0 saturated carbocycles. The van der Waals surface area contributed by atoms with Crippen molar-refractivity contribution in [3.8, 4) is 0 Å². The molecule has 0 fully saturated rings. The first kappa shape index (κ1) is 14.0. The van der Waals surface area contributed by atoms with Gasteiger partial charge < -0.3 is 9.88 Å². The third-order valence-corrected chi connectivity index (χ3v) is 3.23. The number of anilines is 1. The van der Waals surface area contributed by atoms with Crippen molar-refractivity contribution in [2.75, 3.05) is 5.32 Å². The van der Waals surface area contributed by atoms with Gasteiger partial charge in [-0.15, -0.1) is 0 Å². The van der Waals surface area contributed by atoms with Crippen molar-refractivity contribution in [3.05, 3.63) is 78.1 Å². The summed E-state index contributed by atoms with van der Waals surface area (Å²) < 4.78 is 1.98. The molecule has 1 amide bonds. The molecule has 1 N–H and O–H groups in total. The first-order chi connectivity index (χ1) is 10.7. The highest BCUT2D eigenvalue weighted by Gasteiger charge is 2.08. The number of aromatic nitrogens is 3. The van der Waals surface area contributed by atoms with Gasteiger partial charge in [-0.05, 0) is 36.8 Å². The lowest BCUT2D eigenvalue weighted by atomic mass is 10.2. The molecule has 1 aromatic carbocycles. The van der Waals surface area contributed by atoms with Crippen LogP contribution in [0.4, 0.5) is 5.69 Å². The fourth-order valence-corrected chi connectivity index (χ4v) is 2.20. The molecule has 2 aromatic heterocycles. The van der Waals surface area contributed by atoms with Crippen molar-refractivity contribution in [3.63, 3.8) is 0 Å². The maximum absolute atomic E-state index is 12.2. The Morgan fingerprint density at radius 1 is 1.23 bits per heavy atom. The van der Waals surface area contributed by atoms with E-state index in [0.717, 1.165) is 16.9 Å². The molecule has 0 bridgehead atoms. The van der Waals surface area contributed by atoms with Crippen molar-refractivity contribution >= 4 is 11.6 Å². The highest BCUT2D eigenvalue weighted by molar-refractivity contribution is 6.02. The molecule has 0 radical (unpaired) electrons. The summed E-state index contributed by atoms with van der Waals surface area (Å²) in [5.74, 6) is -0.205. The summed E-state index contributed by atoms with van der Waals surface area (Å²) in [6.45, 7) is 2.58. The van der Waals surface area contributed by atoms with Gasteiger partial charge in [0.1, 0.15) is 5.69 Å². The third-order valence-electron chi connectivity index (χ3n) is 3.23. The lowest BCUT2D eigenvalue weighted by Gasteiger charge is -2.08. The number of hydrogen-bond donors (Lipinski definition) is 1. The van der Waals surface area contributed by atoms with Crippen LogP contribution in [-0.4, -0.2) is 20.4 Å². The van der Waals surface area contributed by atoms with Crippen LogP contribution in [0.15, 0.2) is 61.2 Å². The Labute approximate surface area is 128 Å². The SMILES string of the molecule is Cc1cccc(C(=O)Nc2cccc(Cn3ccnc3)c2)n1. The average molecular weight is 292 g/mol. The van der Waals surface area contributed by atoms with Crippen molar-refractivity contribution in [2.45, 2.75) is 13.5 Å². The van der Waals surface area contributed by atoms with Gasteiger partial charge in [-0.2, -0.15) is 0 Å². The minimum absolute atomic E-state index is 0.205. The zero-order valence-corrected chi connectivity index (χ0v) is 12.2. The summed E-state index contributed by atoms with van der Waals surface area (Å²) in [5.41, 5.74) is 3.08. The Bertz CT molecular complexity index is 781. The number of carbonyl (C=O) groups excluding carboxylic acids is 1. The minimum atomic E-state index is -0.205. The van der Waals surface area contributed by atoms with E-state index in [0.29, 0.717) is 12.2 Å². The number of hydrogen-bond acceptors (Lipinski definition) is 3. The molecule has 0 spiro atoms.